The van der Waals surface area contributed by atoms with Crippen molar-refractivity contribution >= 4 is 33.7 Å². The molecule has 0 bridgehead atoms. The first-order valence-corrected chi connectivity index (χ1v) is 10.3. The van der Waals surface area contributed by atoms with Crippen molar-refractivity contribution in [3.63, 3.8) is 0 Å². The largest absolute Gasteiger partial charge is 0.0888 e. The van der Waals surface area contributed by atoms with E-state index in [0.717, 1.165) is 12.8 Å². The molecule has 1 aliphatic carbocycles. The molecule has 1 aliphatic heterocycles. The van der Waals surface area contributed by atoms with Crippen LogP contribution in [0.3, 0.4) is 0 Å². The van der Waals surface area contributed by atoms with Crippen molar-refractivity contribution in [2.45, 2.75) is 22.6 Å². The van der Waals surface area contributed by atoms with E-state index < -0.39 is 0 Å². The lowest BCUT2D eigenvalue weighted by Gasteiger charge is -2.24. The maximum Gasteiger partial charge on any atom is 0.0201 e. The second-order valence-electron chi connectivity index (χ2n) is 7.27. The molecule has 0 amide bonds. The van der Waals surface area contributed by atoms with Gasteiger partial charge in [0.1, 0.15) is 0 Å². The van der Waals surface area contributed by atoms with Crippen LogP contribution in [-0.4, -0.2) is 0 Å². The maximum atomic E-state index is 2.33. The van der Waals surface area contributed by atoms with Crippen molar-refractivity contribution in [3.05, 3.63) is 107 Å². The van der Waals surface area contributed by atoms with Gasteiger partial charge in [0.2, 0.25) is 0 Å². The standard InChI is InChI=1S/C26H18S/c1-2-8-19-17(7-1)13-14-18-15-16-22(25(18)19)26-20-9-3-5-11-23(20)27-24-12-6-4-10-21(24)26/h1-14H,15-16H2. The summed E-state index contributed by atoms with van der Waals surface area (Å²) in [6.07, 6.45) is 2.25. The third-order valence-electron chi connectivity index (χ3n) is 5.80. The van der Waals surface area contributed by atoms with Gasteiger partial charge in [0.05, 0.1) is 0 Å². The Morgan fingerprint density at radius 2 is 1.26 bits per heavy atom. The van der Waals surface area contributed by atoms with Crippen molar-refractivity contribution in [3.8, 4) is 0 Å². The molecule has 0 saturated carbocycles. The van der Waals surface area contributed by atoms with Crippen LogP contribution in [0.25, 0.3) is 21.9 Å². The Morgan fingerprint density at radius 1 is 0.593 bits per heavy atom. The lowest BCUT2D eigenvalue weighted by molar-refractivity contribution is 1.08. The Hall–Kier alpha value is -2.77. The summed E-state index contributed by atoms with van der Waals surface area (Å²) >= 11 is 1.90. The van der Waals surface area contributed by atoms with E-state index in [9.17, 15) is 0 Å². The summed E-state index contributed by atoms with van der Waals surface area (Å²) in [6, 6.07) is 31.2. The minimum Gasteiger partial charge on any atom is -0.0888 e. The summed E-state index contributed by atoms with van der Waals surface area (Å²) in [5.41, 5.74) is 8.69. The second-order valence-corrected chi connectivity index (χ2v) is 8.35. The highest BCUT2D eigenvalue weighted by molar-refractivity contribution is 7.99. The number of hydrogen-bond donors (Lipinski definition) is 0. The molecular formula is C26H18S. The molecule has 0 saturated heterocycles. The third-order valence-corrected chi connectivity index (χ3v) is 6.95. The maximum absolute atomic E-state index is 2.33. The van der Waals surface area contributed by atoms with Crippen LogP contribution in [0.4, 0.5) is 0 Å². The summed E-state index contributed by atoms with van der Waals surface area (Å²) in [5.74, 6) is 0. The average molecular weight is 362 g/mol. The predicted molar refractivity (Wildman–Crippen MR) is 115 cm³/mol. The van der Waals surface area contributed by atoms with Gasteiger partial charge in [-0.1, -0.05) is 84.6 Å². The summed E-state index contributed by atoms with van der Waals surface area (Å²) in [7, 11) is 0. The van der Waals surface area contributed by atoms with E-state index in [1.165, 1.54) is 54.0 Å². The highest BCUT2D eigenvalue weighted by atomic mass is 32.2. The van der Waals surface area contributed by atoms with Gasteiger partial charge >= 0.3 is 0 Å². The molecule has 4 aromatic carbocycles. The zero-order valence-corrected chi connectivity index (χ0v) is 15.7. The zero-order valence-electron chi connectivity index (χ0n) is 14.9. The van der Waals surface area contributed by atoms with Gasteiger partial charge in [-0.25, -0.2) is 0 Å². The lowest BCUT2D eigenvalue weighted by atomic mass is 9.88. The van der Waals surface area contributed by atoms with Gasteiger partial charge < -0.3 is 0 Å². The molecule has 1 heteroatoms. The van der Waals surface area contributed by atoms with Gasteiger partial charge in [0.15, 0.2) is 0 Å². The quantitative estimate of drug-likeness (QED) is 0.280. The molecule has 0 unspecified atom stereocenters. The van der Waals surface area contributed by atoms with Crippen molar-refractivity contribution in [1.29, 1.82) is 0 Å². The molecule has 0 fully saturated rings. The van der Waals surface area contributed by atoms with E-state index >= 15 is 0 Å². The molecule has 1 heterocycles. The highest BCUT2D eigenvalue weighted by Crippen LogP contribution is 2.51. The monoisotopic (exact) mass is 362 g/mol. The fourth-order valence-electron chi connectivity index (χ4n) is 4.63. The first-order valence-electron chi connectivity index (χ1n) is 9.51. The topological polar surface area (TPSA) is 0 Å². The molecule has 0 aromatic heterocycles. The van der Waals surface area contributed by atoms with Gasteiger partial charge in [-0.05, 0) is 69.1 Å². The fourth-order valence-corrected chi connectivity index (χ4v) is 5.72. The molecule has 0 spiro atoms. The third kappa shape index (κ3) is 2.25. The Bertz CT molecular complexity index is 1200. The summed E-state index contributed by atoms with van der Waals surface area (Å²) in [4.78, 5) is 2.74. The number of fused-ring (bicyclic) bond motifs is 5. The van der Waals surface area contributed by atoms with E-state index in [1.807, 2.05) is 11.8 Å². The van der Waals surface area contributed by atoms with Gasteiger partial charge in [0.25, 0.3) is 0 Å². The molecule has 0 N–H and O–H groups in total. The van der Waals surface area contributed by atoms with E-state index in [2.05, 4.69) is 84.9 Å². The minimum absolute atomic E-state index is 1.12. The smallest absolute Gasteiger partial charge is 0.0201 e. The van der Waals surface area contributed by atoms with E-state index in [4.69, 9.17) is 0 Å². The first kappa shape index (κ1) is 15.3. The molecule has 128 valence electrons. The van der Waals surface area contributed by atoms with Crippen molar-refractivity contribution in [1.82, 2.24) is 0 Å². The van der Waals surface area contributed by atoms with Crippen LogP contribution in [0.2, 0.25) is 0 Å². The SMILES string of the molecule is c1ccc2c(c1)Sc1ccccc1C2=C1CCc2ccc3ccccc3c21. The first-order chi connectivity index (χ1) is 13.4. The number of rotatable bonds is 0. The van der Waals surface area contributed by atoms with Gasteiger partial charge in [-0.3, -0.25) is 0 Å². The molecular weight excluding hydrogens is 344 g/mol. The van der Waals surface area contributed by atoms with Crippen molar-refractivity contribution in [2.75, 3.05) is 0 Å². The molecule has 6 rings (SSSR count). The number of allylic oxidation sites excluding steroid dienone is 1. The molecule has 0 radical (unpaired) electrons. The van der Waals surface area contributed by atoms with Gasteiger partial charge in [0, 0.05) is 9.79 Å². The van der Waals surface area contributed by atoms with E-state index in [-0.39, 0.29) is 0 Å². The number of aryl methyl sites for hydroxylation is 1. The van der Waals surface area contributed by atoms with E-state index in [0.29, 0.717) is 0 Å². The Kier molecular flexibility index (Phi) is 3.33. The number of benzene rings is 4. The van der Waals surface area contributed by atoms with Crippen LogP contribution in [0.5, 0.6) is 0 Å². The van der Waals surface area contributed by atoms with Crippen LogP contribution >= 0.6 is 11.8 Å². The van der Waals surface area contributed by atoms with Crippen molar-refractivity contribution < 1.29 is 0 Å². The Labute approximate surface area is 163 Å². The van der Waals surface area contributed by atoms with Crippen LogP contribution in [-0.2, 0) is 6.42 Å². The molecule has 0 nitrogen and oxygen atoms in total. The van der Waals surface area contributed by atoms with Crippen molar-refractivity contribution in [2.24, 2.45) is 0 Å². The average Bonchev–Trinajstić information content (AvgIpc) is 3.16. The lowest BCUT2D eigenvalue weighted by Crippen LogP contribution is -2.01. The minimum atomic E-state index is 1.12. The van der Waals surface area contributed by atoms with Gasteiger partial charge in [-0.2, -0.15) is 0 Å². The summed E-state index contributed by atoms with van der Waals surface area (Å²) in [6.45, 7) is 0. The summed E-state index contributed by atoms with van der Waals surface area (Å²) < 4.78 is 0. The van der Waals surface area contributed by atoms with Crippen LogP contribution in [0.1, 0.15) is 28.7 Å². The van der Waals surface area contributed by atoms with Crippen LogP contribution < -0.4 is 0 Å². The van der Waals surface area contributed by atoms with Crippen LogP contribution in [0.15, 0.2) is 94.7 Å². The summed E-state index contributed by atoms with van der Waals surface area (Å²) in [5, 5.41) is 2.73. The highest BCUT2D eigenvalue weighted by Gasteiger charge is 2.28. The Balaban J connectivity index is 1.75. The van der Waals surface area contributed by atoms with E-state index in [1.54, 1.807) is 0 Å². The molecule has 0 atom stereocenters. The normalized spacial score (nSPS) is 14.8. The molecule has 2 aliphatic rings. The zero-order chi connectivity index (χ0) is 17.8. The number of hydrogen-bond acceptors (Lipinski definition) is 1. The van der Waals surface area contributed by atoms with Gasteiger partial charge in [-0.15, -0.1) is 0 Å². The predicted octanol–water partition coefficient (Wildman–Crippen LogP) is 7.21. The molecule has 27 heavy (non-hydrogen) atoms. The fraction of sp³-hybridized carbons (Fsp3) is 0.0769. The molecule has 4 aromatic rings. The van der Waals surface area contributed by atoms with Crippen LogP contribution in [0, 0.1) is 0 Å². The Morgan fingerprint density at radius 3 is 2.04 bits per heavy atom. The second kappa shape index (κ2) is 5.87.